The van der Waals surface area contributed by atoms with Crippen LogP contribution in [0.5, 0.6) is 0 Å². The predicted molar refractivity (Wildman–Crippen MR) is 60.3 cm³/mol. The summed E-state index contributed by atoms with van der Waals surface area (Å²) in [6.07, 6.45) is 1.78. The van der Waals surface area contributed by atoms with Crippen molar-refractivity contribution in [2.75, 3.05) is 5.73 Å². The van der Waals surface area contributed by atoms with Gasteiger partial charge in [0.25, 0.3) is 0 Å². The average molecular weight is 202 g/mol. The van der Waals surface area contributed by atoms with Crippen molar-refractivity contribution in [3.8, 4) is 11.1 Å². The fourth-order valence-electron chi connectivity index (χ4n) is 1.74. The van der Waals surface area contributed by atoms with Crippen LogP contribution < -0.4 is 5.73 Å². The van der Waals surface area contributed by atoms with Crippen molar-refractivity contribution in [2.45, 2.75) is 13.8 Å². The van der Waals surface area contributed by atoms with Gasteiger partial charge in [0, 0.05) is 30.1 Å². The van der Waals surface area contributed by atoms with E-state index in [-0.39, 0.29) is 0 Å². The maximum absolute atomic E-state index is 5.55. The summed E-state index contributed by atoms with van der Waals surface area (Å²) in [7, 11) is 1.94. The Kier molecular flexibility index (Phi) is 2.19. The van der Waals surface area contributed by atoms with E-state index in [1.165, 1.54) is 0 Å². The second-order valence-corrected chi connectivity index (χ2v) is 3.64. The first kappa shape index (κ1) is 9.71. The topological polar surface area (TPSA) is 56.7 Å². The lowest BCUT2D eigenvalue weighted by molar-refractivity contribution is 0.731. The van der Waals surface area contributed by atoms with E-state index in [2.05, 4.69) is 10.1 Å². The van der Waals surface area contributed by atoms with Crippen molar-refractivity contribution in [3.63, 3.8) is 0 Å². The molecule has 78 valence electrons. The molecule has 0 aliphatic heterocycles. The number of nitrogens with two attached hydrogens (primary N) is 1. The third-order valence-corrected chi connectivity index (χ3v) is 2.58. The van der Waals surface area contributed by atoms with Gasteiger partial charge in [0.1, 0.15) is 5.82 Å². The molecule has 0 spiro atoms. The van der Waals surface area contributed by atoms with E-state index < -0.39 is 0 Å². The lowest BCUT2D eigenvalue weighted by Crippen LogP contribution is -1.93. The molecule has 2 rings (SSSR count). The Hall–Kier alpha value is -1.84. The smallest absolute Gasteiger partial charge is 0.123 e. The highest BCUT2D eigenvalue weighted by Crippen LogP contribution is 2.25. The molecule has 2 aromatic rings. The second-order valence-electron chi connectivity index (χ2n) is 3.64. The summed E-state index contributed by atoms with van der Waals surface area (Å²) in [5.74, 6) is 0.540. The van der Waals surface area contributed by atoms with E-state index >= 15 is 0 Å². The highest BCUT2D eigenvalue weighted by atomic mass is 15.3. The number of anilines is 1. The van der Waals surface area contributed by atoms with E-state index in [1.54, 1.807) is 12.3 Å². The van der Waals surface area contributed by atoms with Crippen LogP contribution in [0, 0.1) is 13.8 Å². The van der Waals surface area contributed by atoms with Crippen molar-refractivity contribution in [1.29, 1.82) is 0 Å². The van der Waals surface area contributed by atoms with Crippen LogP contribution in [0.25, 0.3) is 11.1 Å². The maximum Gasteiger partial charge on any atom is 0.123 e. The number of nitrogens with zero attached hydrogens (tertiary/aromatic N) is 3. The molecule has 0 bridgehead atoms. The van der Waals surface area contributed by atoms with Gasteiger partial charge in [-0.05, 0) is 26.0 Å². The number of aromatic nitrogens is 3. The number of nitrogen functional groups attached to an aromatic ring is 1. The van der Waals surface area contributed by atoms with Crippen LogP contribution in [0.15, 0.2) is 18.3 Å². The van der Waals surface area contributed by atoms with E-state index in [9.17, 15) is 0 Å². The zero-order valence-electron chi connectivity index (χ0n) is 9.15. The summed E-state index contributed by atoms with van der Waals surface area (Å²) >= 11 is 0. The SMILES string of the molecule is Cc1nn(C)c(C)c1-c1ccc(N)nc1. The molecule has 0 radical (unpaired) electrons. The van der Waals surface area contributed by atoms with Gasteiger partial charge >= 0.3 is 0 Å². The summed E-state index contributed by atoms with van der Waals surface area (Å²) in [4.78, 5) is 4.09. The van der Waals surface area contributed by atoms with Crippen LogP contribution in [-0.4, -0.2) is 14.8 Å². The number of hydrogen-bond acceptors (Lipinski definition) is 3. The van der Waals surface area contributed by atoms with Gasteiger partial charge in [-0.3, -0.25) is 4.68 Å². The van der Waals surface area contributed by atoms with Crippen LogP contribution in [0.3, 0.4) is 0 Å². The Morgan fingerprint density at radius 1 is 1.27 bits per heavy atom. The van der Waals surface area contributed by atoms with Crippen LogP contribution >= 0.6 is 0 Å². The number of rotatable bonds is 1. The molecule has 0 aliphatic carbocycles. The van der Waals surface area contributed by atoms with Crippen LogP contribution in [-0.2, 0) is 7.05 Å². The predicted octanol–water partition coefficient (Wildman–Crippen LogP) is 1.68. The van der Waals surface area contributed by atoms with Crippen molar-refractivity contribution < 1.29 is 0 Å². The first-order valence-electron chi connectivity index (χ1n) is 4.81. The summed E-state index contributed by atoms with van der Waals surface area (Å²) in [6.45, 7) is 4.05. The van der Waals surface area contributed by atoms with Gasteiger partial charge in [0.2, 0.25) is 0 Å². The molecule has 2 aromatic heterocycles. The number of hydrogen-bond donors (Lipinski definition) is 1. The normalized spacial score (nSPS) is 10.6. The third kappa shape index (κ3) is 1.58. The highest BCUT2D eigenvalue weighted by Gasteiger charge is 2.11. The molecule has 0 aromatic carbocycles. The van der Waals surface area contributed by atoms with Gasteiger partial charge in [-0.1, -0.05) is 0 Å². The largest absolute Gasteiger partial charge is 0.384 e. The molecule has 4 nitrogen and oxygen atoms in total. The molecule has 0 saturated carbocycles. The molecule has 0 fully saturated rings. The quantitative estimate of drug-likeness (QED) is 0.765. The zero-order chi connectivity index (χ0) is 11.0. The van der Waals surface area contributed by atoms with E-state index in [4.69, 9.17) is 5.73 Å². The van der Waals surface area contributed by atoms with Crippen molar-refractivity contribution in [3.05, 3.63) is 29.7 Å². The second kappa shape index (κ2) is 3.38. The van der Waals surface area contributed by atoms with E-state index in [0.717, 1.165) is 22.5 Å². The average Bonchev–Trinajstić information content (AvgIpc) is 2.44. The van der Waals surface area contributed by atoms with Gasteiger partial charge in [0.05, 0.1) is 5.69 Å². The summed E-state index contributed by atoms with van der Waals surface area (Å²) in [5.41, 5.74) is 9.91. The Morgan fingerprint density at radius 2 is 2.00 bits per heavy atom. The fourth-order valence-corrected chi connectivity index (χ4v) is 1.74. The first-order chi connectivity index (χ1) is 7.09. The van der Waals surface area contributed by atoms with Gasteiger partial charge in [-0.25, -0.2) is 4.98 Å². The van der Waals surface area contributed by atoms with Gasteiger partial charge in [-0.15, -0.1) is 0 Å². The summed E-state index contributed by atoms with van der Waals surface area (Å²) in [6, 6.07) is 3.78. The van der Waals surface area contributed by atoms with Gasteiger partial charge < -0.3 is 5.73 Å². The minimum atomic E-state index is 0.540. The van der Waals surface area contributed by atoms with Crippen molar-refractivity contribution >= 4 is 5.82 Å². The Bertz CT molecular complexity index is 482. The van der Waals surface area contributed by atoms with Crippen LogP contribution in [0.2, 0.25) is 0 Å². The summed E-state index contributed by atoms with van der Waals surface area (Å²) < 4.78 is 1.88. The monoisotopic (exact) mass is 202 g/mol. The maximum atomic E-state index is 5.55. The highest BCUT2D eigenvalue weighted by molar-refractivity contribution is 5.68. The number of aryl methyl sites for hydroxylation is 2. The van der Waals surface area contributed by atoms with Gasteiger partial charge in [0.15, 0.2) is 0 Å². The Morgan fingerprint density at radius 3 is 2.47 bits per heavy atom. The number of pyridine rings is 1. The molecule has 2 N–H and O–H groups in total. The molecule has 4 heteroatoms. The first-order valence-corrected chi connectivity index (χ1v) is 4.81. The Balaban J connectivity index is 2.58. The van der Waals surface area contributed by atoms with Gasteiger partial charge in [-0.2, -0.15) is 5.10 Å². The fraction of sp³-hybridized carbons (Fsp3) is 0.273. The van der Waals surface area contributed by atoms with Crippen molar-refractivity contribution in [2.24, 2.45) is 7.05 Å². The summed E-state index contributed by atoms with van der Waals surface area (Å²) in [5, 5.41) is 4.37. The molecule has 0 atom stereocenters. The molecule has 2 heterocycles. The molecule has 15 heavy (non-hydrogen) atoms. The van der Waals surface area contributed by atoms with Crippen molar-refractivity contribution in [1.82, 2.24) is 14.8 Å². The third-order valence-electron chi connectivity index (χ3n) is 2.58. The zero-order valence-corrected chi connectivity index (χ0v) is 9.15. The molecule has 0 unspecified atom stereocenters. The van der Waals surface area contributed by atoms with E-state index in [0.29, 0.717) is 5.82 Å². The molecular formula is C11H14N4. The minimum Gasteiger partial charge on any atom is -0.384 e. The van der Waals surface area contributed by atoms with Crippen LogP contribution in [0.4, 0.5) is 5.82 Å². The molecule has 0 amide bonds. The molecule has 0 saturated heterocycles. The lowest BCUT2D eigenvalue weighted by Gasteiger charge is -2.01. The van der Waals surface area contributed by atoms with E-state index in [1.807, 2.05) is 31.6 Å². The standard InChI is InChI=1S/C11H14N4/c1-7-11(8(2)15(3)14-7)9-4-5-10(12)13-6-9/h4-6H,1-3H3,(H2,12,13). The lowest BCUT2D eigenvalue weighted by atomic mass is 10.1. The molecule has 0 aliphatic rings. The van der Waals surface area contributed by atoms with Crippen LogP contribution in [0.1, 0.15) is 11.4 Å². The molecular weight excluding hydrogens is 188 g/mol. The Labute approximate surface area is 88.8 Å². The minimum absolute atomic E-state index is 0.540.